The number of nitrogens with zero attached hydrogens (tertiary/aromatic N) is 1. The topological polar surface area (TPSA) is 74.0 Å². The van der Waals surface area contributed by atoms with E-state index in [4.69, 9.17) is 11.5 Å². The van der Waals surface area contributed by atoms with Gasteiger partial charge in [0.25, 0.3) is 5.56 Å². The van der Waals surface area contributed by atoms with Gasteiger partial charge in [0.1, 0.15) is 0 Å². The van der Waals surface area contributed by atoms with Gasteiger partial charge in [0.2, 0.25) is 0 Å². The highest BCUT2D eigenvalue weighted by Crippen LogP contribution is 1.91. The van der Waals surface area contributed by atoms with Crippen LogP contribution in [0.1, 0.15) is 5.56 Å². The van der Waals surface area contributed by atoms with Crippen molar-refractivity contribution < 1.29 is 0 Å². The molecule has 0 saturated heterocycles. The van der Waals surface area contributed by atoms with Gasteiger partial charge in [-0.25, -0.2) is 0 Å². The van der Waals surface area contributed by atoms with Crippen molar-refractivity contribution >= 4 is 0 Å². The molecule has 1 rings (SSSR count). The molecule has 0 aromatic carbocycles. The third-order valence-electron chi connectivity index (χ3n) is 1.67. The second-order valence-corrected chi connectivity index (χ2v) is 2.56. The van der Waals surface area contributed by atoms with Gasteiger partial charge in [-0.15, -0.1) is 0 Å². The summed E-state index contributed by atoms with van der Waals surface area (Å²) in [7, 11) is 0. The van der Waals surface area contributed by atoms with E-state index in [1.165, 1.54) is 6.07 Å². The van der Waals surface area contributed by atoms with Crippen molar-refractivity contribution in [1.29, 1.82) is 0 Å². The van der Waals surface area contributed by atoms with Crippen molar-refractivity contribution in [3.8, 4) is 0 Å². The molecule has 0 amide bonds. The lowest BCUT2D eigenvalue weighted by molar-refractivity contribution is 0.678. The second-order valence-electron chi connectivity index (χ2n) is 2.56. The first-order chi connectivity index (χ1) is 5.77. The highest BCUT2D eigenvalue weighted by Gasteiger charge is 1.95. The van der Waals surface area contributed by atoms with Crippen LogP contribution in [0.3, 0.4) is 0 Å². The van der Waals surface area contributed by atoms with Crippen molar-refractivity contribution in [2.24, 2.45) is 11.5 Å². The molecule has 66 valence electrons. The van der Waals surface area contributed by atoms with Crippen LogP contribution in [0, 0.1) is 0 Å². The number of aromatic nitrogens is 1. The molecule has 0 aliphatic carbocycles. The highest BCUT2D eigenvalue weighted by molar-refractivity contribution is 5.10. The summed E-state index contributed by atoms with van der Waals surface area (Å²) < 4.78 is 1.57. The standard InChI is InChI=1S/C8H13N3O/c9-2-4-11-3-1-7(6-10)5-8(11)12/h1,3,5H,2,4,6,9-10H2. The van der Waals surface area contributed by atoms with E-state index in [2.05, 4.69) is 0 Å². The average molecular weight is 167 g/mol. The molecule has 0 bridgehead atoms. The molecule has 1 aromatic rings. The molecular formula is C8H13N3O. The van der Waals surface area contributed by atoms with Crippen LogP contribution in [0.25, 0.3) is 0 Å². The zero-order chi connectivity index (χ0) is 8.97. The largest absolute Gasteiger partial charge is 0.329 e. The van der Waals surface area contributed by atoms with Crippen LogP contribution in [0.15, 0.2) is 23.1 Å². The SMILES string of the molecule is NCCn1ccc(CN)cc1=O. The summed E-state index contributed by atoms with van der Waals surface area (Å²) in [6.45, 7) is 1.43. The zero-order valence-electron chi connectivity index (χ0n) is 6.86. The van der Waals surface area contributed by atoms with Crippen molar-refractivity contribution in [2.75, 3.05) is 6.54 Å². The summed E-state index contributed by atoms with van der Waals surface area (Å²) in [6, 6.07) is 3.37. The van der Waals surface area contributed by atoms with E-state index in [0.29, 0.717) is 19.6 Å². The monoisotopic (exact) mass is 167 g/mol. The molecule has 0 aliphatic rings. The first-order valence-electron chi connectivity index (χ1n) is 3.87. The lowest BCUT2D eigenvalue weighted by Gasteiger charge is -2.03. The minimum Gasteiger partial charge on any atom is -0.329 e. The molecular weight excluding hydrogens is 154 g/mol. The summed E-state index contributed by atoms with van der Waals surface area (Å²) in [5.41, 5.74) is 11.5. The van der Waals surface area contributed by atoms with Gasteiger partial charge in [-0.3, -0.25) is 4.79 Å². The fourth-order valence-electron chi connectivity index (χ4n) is 1.000. The third-order valence-corrected chi connectivity index (χ3v) is 1.67. The van der Waals surface area contributed by atoms with E-state index in [1.807, 2.05) is 6.07 Å². The molecule has 4 nitrogen and oxygen atoms in total. The molecule has 0 spiro atoms. The molecule has 0 fully saturated rings. The van der Waals surface area contributed by atoms with Gasteiger partial charge in [-0.2, -0.15) is 0 Å². The van der Waals surface area contributed by atoms with E-state index in [1.54, 1.807) is 10.8 Å². The lowest BCUT2D eigenvalue weighted by Crippen LogP contribution is -2.23. The van der Waals surface area contributed by atoms with Crippen molar-refractivity contribution in [3.63, 3.8) is 0 Å². The quantitative estimate of drug-likeness (QED) is 0.623. The first kappa shape index (κ1) is 8.96. The second kappa shape index (κ2) is 4.04. The molecule has 4 heteroatoms. The fourth-order valence-corrected chi connectivity index (χ4v) is 1.000. The average Bonchev–Trinajstić information content (AvgIpc) is 2.09. The van der Waals surface area contributed by atoms with Crippen molar-refractivity contribution in [1.82, 2.24) is 4.57 Å². The zero-order valence-corrected chi connectivity index (χ0v) is 6.86. The van der Waals surface area contributed by atoms with Gasteiger partial charge in [0.15, 0.2) is 0 Å². The predicted octanol–water partition coefficient (Wildman–Crippen LogP) is -0.734. The maximum absolute atomic E-state index is 11.2. The van der Waals surface area contributed by atoms with Crippen LogP contribution in [-0.4, -0.2) is 11.1 Å². The Balaban J connectivity index is 2.96. The van der Waals surface area contributed by atoms with E-state index in [0.717, 1.165) is 5.56 Å². The maximum Gasteiger partial charge on any atom is 0.250 e. The van der Waals surface area contributed by atoms with Gasteiger partial charge in [0.05, 0.1) is 0 Å². The van der Waals surface area contributed by atoms with E-state index in [-0.39, 0.29) is 5.56 Å². The number of rotatable bonds is 3. The molecule has 0 atom stereocenters. The molecule has 0 aliphatic heterocycles. The van der Waals surface area contributed by atoms with Gasteiger partial charge in [-0.05, 0) is 11.6 Å². The number of nitrogens with two attached hydrogens (primary N) is 2. The van der Waals surface area contributed by atoms with Gasteiger partial charge < -0.3 is 16.0 Å². The summed E-state index contributed by atoms with van der Waals surface area (Å²) in [4.78, 5) is 11.2. The van der Waals surface area contributed by atoms with E-state index >= 15 is 0 Å². The minimum atomic E-state index is -0.0385. The van der Waals surface area contributed by atoms with Crippen LogP contribution >= 0.6 is 0 Å². The first-order valence-corrected chi connectivity index (χ1v) is 3.87. The Bertz CT molecular complexity index is 305. The summed E-state index contributed by atoms with van der Waals surface area (Å²) >= 11 is 0. The smallest absolute Gasteiger partial charge is 0.250 e. The Morgan fingerprint density at radius 1 is 1.42 bits per heavy atom. The normalized spacial score (nSPS) is 10.2. The number of hydrogen-bond donors (Lipinski definition) is 2. The highest BCUT2D eigenvalue weighted by atomic mass is 16.1. The summed E-state index contributed by atoms with van der Waals surface area (Å²) in [5, 5.41) is 0. The molecule has 0 saturated carbocycles. The maximum atomic E-state index is 11.2. The Kier molecular flexibility index (Phi) is 3.01. The molecule has 4 N–H and O–H groups in total. The number of hydrogen-bond acceptors (Lipinski definition) is 3. The molecule has 12 heavy (non-hydrogen) atoms. The lowest BCUT2D eigenvalue weighted by atomic mass is 10.3. The minimum absolute atomic E-state index is 0.0385. The third kappa shape index (κ3) is 1.93. The Morgan fingerprint density at radius 3 is 2.67 bits per heavy atom. The van der Waals surface area contributed by atoms with Gasteiger partial charge >= 0.3 is 0 Å². The number of pyridine rings is 1. The van der Waals surface area contributed by atoms with Crippen LogP contribution in [0.5, 0.6) is 0 Å². The summed E-state index contributed by atoms with van der Waals surface area (Å²) in [5.74, 6) is 0. The Morgan fingerprint density at radius 2 is 2.17 bits per heavy atom. The molecule has 1 aromatic heterocycles. The van der Waals surface area contributed by atoms with Crippen LogP contribution in [0.4, 0.5) is 0 Å². The Labute approximate surface area is 70.8 Å². The molecule has 0 unspecified atom stereocenters. The van der Waals surface area contributed by atoms with E-state index < -0.39 is 0 Å². The Hall–Kier alpha value is -1.13. The predicted molar refractivity (Wildman–Crippen MR) is 47.6 cm³/mol. The molecule has 1 heterocycles. The summed E-state index contributed by atoms with van der Waals surface area (Å²) in [6.07, 6.45) is 1.72. The van der Waals surface area contributed by atoms with Gasteiger partial charge in [0, 0.05) is 31.9 Å². The van der Waals surface area contributed by atoms with Crippen LogP contribution in [-0.2, 0) is 13.1 Å². The van der Waals surface area contributed by atoms with Crippen LogP contribution in [0.2, 0.25) is 0 Å². The molecule has 0 radical (unpaired) electrons. The van der Waals surface area contributed by atoms with E-state index in [9.17, 15) is 4.79 Å². The fraction of sp³-hybridized carbons (Fsp3) is 0.375. The van der Waals surface area contributed by atoms with Crippen molar-refractivity contribution in [3.05, 3.63) is 34.2 Å². The van der Waals surface area contributed by atoms with Crippen LogP contribution < -0.4 is 17.0 Å². The van der Waals surface area contributed by atoms with Crippen molar-refractivity contribution in [2.45, 2.75) is 13.1 Å². The van der Waals surface area contributed by atoms with Gasteiger partial charge in [-0.1, -0.05) is 0 Å².